The van der Waals surface area contributed by atoms with Gasteiger partial charge in [0.15, 0.2) is 0 Å². The van der Waals surface area contributed by atoms with E-state index in [1.165, 1.54) is 32.5 Å². The third kappa shape index (κ3) is 5.84. The fourth-order valence-electron chi connectivity index (χ4n) is 2.66. The van der Waals surface area contributed by atoms with E-state index < -0.39 is 0 Å². The smallest absolute Gasteiger partial charge is 0.0217 e. The van der Waals surface area contributed by atoms with E-state index in [9.17, 15) is 0 Å². The van der Waals surface area contributed by atoms with Gasteiger partial charge in [-0.3, -0.25) is 0 Å². The molecule has 0 aromatic heterocycles. The summed E-state index contributed by atoms with van der Waals surface area (Å²) in [4.78, 5) is 4.75. The zero-order valence-corrected chi connectivity index (χ0v) is 12.4. The molecule has 3 heteroatoms. The lowest BCUT2D eigenvalue weighted by Crippen LogP contribution is -2.46. The van der Waals surface area contributed by atoms with Crippen LogP contribution in [0.3, 0.4) is 0 Å². The third-order valence-corrected chi connectivity index (χ3v) is 3.76. The maximum Gasteiger partial charge on any atom is 0.0217 e. The number of nitrogens with zero attached hydrogens (tertiary/aromatic N) is 2. The Labute approximate surface area is 108 Å². The standard InChI is InChI=1S/C14H31N3/c1-12(2)14(11-16(3)4)15-9-13-7-6-8-17(5)10-13/h12-15H,6-11H2,1-5H3. The van der Waals surface area contributed by atoms with Gasteiger partial charge in [-0.2, -0.15) is 0 Å². The van der Waals surface area contributed by atoms with E-state index in [2.05, 4.69) is 50.1 Å². The first-order valence-electron chi connectivity index (χ1n) is 7.05. The minimum Gasteiger partial charge on any atom is -0.312 e. The number of hydrogen-bond acceptors (Lipinski definition) is 3. The largest absolute Gasteiger partial charge is 0.312 e. The van der Waals surface area contributed by atoms with Crippen LogP contribution < -0.4 is 5.32 Å². The lowest BCUT2D eigenvalue weighted by molar-refractivity contribution is 0.193. The molecule has 1 saturated heterocycles. The van der Waals surface area contributed by atoms with Crippen LogP contribution in [0.5, 0.6) is 0 Å². The van der Waals surface area contributed by atoms with E-state index in [1.54, 1.807) is 0 Å². The highest BCUT2D eigenvalue weighted by molar-refractivity contribution is 4.78. The van der Waals surface area contributed by atoms with Crippen LogP contribution in [0.4, 0.5) is 0 Å². The summed E-state index contributed by atoms with van der Waals surface area (Å²) in [5, 5.41) is 3.77. The Morgan fingerprint density at radius 1 is 1.35 bits per heavy atom. The van der Waals surface area contributed by atoms with Crippen molar-refractivity contribution in [2.45, 2.75) is 32.7 Å². The molecule has 0 radical (unpaired) electrons. The number of hydrogen-bond donors (Lipinski definition) is 1. The van der Waals surface area contributed by atoms with Gasteiger partial charge in [-0.15, -0.1) is 0 Å². The van der Waals surface area contributed by atoms with Crippen LogP contribution in [0.15, 0.2) is 0 Å². The van der Waals surface area contributed by atoms with Gasteiger partial charge in [-0.05, 0) is 58.9 Å². The van der Waals surface area contributed by atoms with Crippen molar-refractivity contribution in [3.63, 3.8) is 0 Å². The van der Waals surface area contributed by atoms with Crippen molar-refractivity contribution in [3.05, 3.63) is 0 Å². The van der Waals surface area contributed by atoms with E-state index in [0.29, 0.717) is 12.0 Å². The highest BCUT2D eigenvalue weighted by atomic mass is 15.1. The van der Waals surface area contributed by atoms with Crippen LogP contribution in [0, 0.1) is 11.8 Å². The molecule has 0 aliphatic carbocycles. The topological polar surface area (TPSA) is 18.5 Å². The Morgan fingerprint density at radius 3 is 2.59 bits per heavy atom. The minimum atomic E-state index is 0.622. The first-order valence-corrected chi connectivity index (χ1v) is 7.05. The molecular weight excluding hydrogens is 210 g/mol. The van der Waals surface area contributed by atoms with E-state index in [4.69, 9.17) is 0 Å². The lowest BCUT2D eigenvalue weighted by atomic mass is 9.97. The number of likely N-dealkylation sites (tertiary alicyclic amines) is 1. The second kappa shape index (κ2) is 7.34. The molecule has 1 N–H and O–H groups in total. The van der Waals surface area contributed by atoms with Crippen LogP contribution in [0.1, 0.15) is 26.7 Å². The maximum atomic E-state index is 3.77. The zero-order valence-electron chi connectivity index (χ0n) is 12.4. The Kier molecular flexibility index (Phi) is 6.45. The van der Waals surface area contributed by atoms with E-state index in [-0.39, 0.29) is 0 Å². The van der Waals surface area contributed by atoms with Gasteiger partial charge in [0, 0.05) is 19.1 Å². The summed E-state index contributed by atoms with van der Waals surface area (Å²) in [5.41, 5.74) is 0. The van der Waals surface area contributed by atoms with Crippen LogP contribution in [0.25, 0.3) is 0 Å². The number of likely N-dealkylation sites (N-methyl/N-ethyl adjacent to an activating group) is 1. The van der Waals surface area contributed by atoms with Gasteiger partial charge in [-0.1, -0.05) is 13.8 Å². The average molecular weight is 241 g/mol. The maximum absolute atomic E-state index is 3.77. The molecule has 0 aromatic carbocycles. The normalized spacial score (nSPS) is 24.5. The fourth-order valence-corrected chi connectivity index (χ4v) is 2.66. The van der Waals surface area contributed by atoms with Gasteiger partial charge < -0.3 is 15.1 Å². The summed E-state index contributed by atoms with van der Waals surface area (Å²) in [6.45, 7) is 9.49. The van der Waals surface area contributed by atoms with Crippen molar-refractivity contribution in [2.75, 3.05) is 47.3 Å². The van der Waals surface area contributed by atoms with Crippen LogP contribution in [-0.4, -0.2) is 63.2 Å². The first kappa shape index (κ1) is 14.9. The number of piperidine rings is 1. The molecule has 1 rings (SSSR count). The zero-order chi connectivity index (χ0) is 12.8. The SMILES string of the molecule is CC(C)C(CN(C)C)NCC1CCCN(C)C1. The molecule has 1 aliphatic rings. The monoisotopic (exact) mass is 241 g/mol. The highest BCUT2D eigenvalue weighted by Gasteiger charge is 2.20. The number of nitrogens with one attached hydrogen (secondary N) is 1. The van der Waals surface area contributed by atoms with Gasteiger partial charge in [-0.25, -0.2) is 0 Å². The Balaban J connectivity index is 2.30. The molecule has 0 spiro atoms. The summed E-state index contributed by atoms with van der Waals surface area (Å²) in [6, 6.07) is 0.622. The van der Waals surface area contributed by atoms with Gasteiger partial charge >= 0.3 is 0 Å². The molecule has 1 fully saturated rings. The van der Waals surface area contributed by atoms with Crippen LogP contribution in [0.2, 0.25) is 0 Å². The highest BCUT2D eigenvalue weighted by Crippen LogP contribution is 2.14. The molecule has 1 heterocycles. The van der Waals surface area contributed by atoms with Gasteiger partial charge in [0.1, 0.15) is 0 Å². The predicted molar refractivity (Wildman–Crippen MR) is 75.4 cm³/mol. The van der Waals surface area contributed by atoms with Gasteiger partial charge in [0.25, 0.3) is 0 Å². The van der Waals surface area contributed by atoms with Crippen molar-refractivity contribution < 1.29 is 0 Å². The van der Waals surface area contributed by atoms with Crippen molar-refractivity contribution >= 4 is 0 Å². The fraction of sp³-hybridized carbons (Fsp3) is 1.00. The molecule has 17 heavy (non-hydrogen) atoms. The summed E-state index contributed by atoms with van der Waals surface area (Å²) >= 11 is 0. The predicted octanol–water partition coefficient (Wildman–Crippen LogP) is 1.50. The molecule has 0 aromatic rings. The van der Waals surface area contributed by atoms with E-state index in [1.807, 2.05) is 0 Å². The second-order valence-corrected chi connectivity index (χ2v) is 6.29. The molecule has 3 nitrogen and oxygen atoms in total. The Morgan fingerprint density at radius 2 is 2.06 bits per heavy atom. The lowest BCUT2D eigenvalue weighted by Gasteiger charge is -2.32. The Hall–Kier alpha value is -0.120. The quantitative estimate of drug-likeness (QED) is 0.760. The Bertz CT molecular complexity index is 204. The molecule has 2 unspecified atom stereocenters. The number of rotatable bonds is 6. The van der Waals surface area contributed by atoms with Crippen molar-refractivity contribution in [3.8, 4) is 0 Å². The summed E-state index contributed by atoms with van der Waals surface area (Å²) < 4.78 is 0. The summed E-state index contributed by atoms with van der Waals surface area (Å²) in [5.74, 6) is 1.55. The van der Waals surface area contributed by atoms with Crippen molar-refractivity contribution in [1.82, 2.24) is 15.1 Å². The van der Waals surface area contributed by atoms with Gasteiger partial charge in [0.05, 0.1) is 0 Å². The molecule has 2 atom stereocenters. The molecule has 0 saturated carbocycles. The van der Waals surface area contributed by atoms with E-state index >= 15 is 0 Å². The van der Waals surface area contributed by atoms with Crippen LogP contribution in [-0.2, 0) is 0 Å². The summed E-state index contributed by atoms with van der Waals surface area (Å²) in [7, 11) is 6.56. The molecule has 0 bridgehead atoms. The summed E-state index contributed by atoms with van der Waals surface area (Å²) in [6.07, 6.45) is 2.76. The third-order valence-electron chi connectivity index (χ3n) is 3.76. The second-order valence-electron chi connectivity index (χ2n) is 6.29. The average Bonchev–Trinajstić information content (AvgIpc) is 2.23. The molecular formula is C14H31N3. The molecule has 102 valence electrons. The first-order chi connectivity index (χ1) is 7.99. The van der Waals surface area contributed by atoms with Crippen LogP contribution >= 0.6 is 0 Å². The van der Waals surface area contributed by atoms with Crippen molar-refractivity contribution in [2.24, 2.45) is 11.8 Å². The van der Waals surface area contributed by atoms with Crippen molar-refractivity contribution in [1.29, 1.82) is 0 Å². The van der Waals surface area contributed by atoms with Gasteiger partial charge in [0.2, 0.25) is 0 Å². The minimum absolute atomic E-state index is 0.622. The van der Waals surface area contributed by atoms with E-state index in [0.717, 1.165) is 12.5 Å². The molecule has 0 amide bonds. The molecule has 1 aliphatic heterocycles.